The van der Waals surface area contributed by atoms with Gasteiger partial charge in [-0.25, -0.2) is 0 Å². The Morgan fingerprint density at radius 1 is 1.33 bits per heavy atom. The third-order valence-corrected chi connectivity index (χ3v) is 3.28. The molecule has 0 radical (unpaired) electrons. The molecule has 0 fully saturated rings. The molecule has 1 N–H and O–H groups in total. The molecule has 0 aliphatic carbocycles. The largest absolute Gasteiger partial charge is 0.460 e. The molecule has 2 rings (SSSR count). The Balaban J connectivity index is 2.47. The number of rotatable bonds is 3. The van der Waals surface area contributed by atoms with Crippen LogP contribution in [0.3, 0.4) is 0 Å². The molecule has 0 bridgehead atoms. The van der Waals surface area contributed by atoms with Crippen molar-refractivity contribution in [2.75, 3.05) is 0 Å². The van der Waals surface area contributed by atoms with Crippen molar-refractivity contribution in [3.8, 4) is 0 Å². The minimum atomic E-state index is -0.225. The molecule has 2 aromatic rings. The zero-order valence-corrected chi connectivity index (χ0v) is 11.3. The Kier molecular flexibility index (Phi) is 3.16. The highest BCUT2D eigenvalue weighted by Crippen LogP contribution is 2.30. The Morgan fingerprint density at radius 3 is 2.67 bits per heavy atom. The van der Waals surface area contributed by atoms with E-state index < -0.39 is 0 Å². The normalized spacial score (nSPS) is 13.6. The summed E-state index contributed by atoms with van der Waals surface area (Å²) in [6.45, 7) is 8.93. The van der Waals surface area contributed by atoms with Gasteiger partial charge in [0.15, 0.2) is 0 Å². The summed E-state index contributed by atoms with van der Waals surface area (Å²) in [5.74, 6) is 0. The lowest BCUT2D eigenvalue weighted by molar-refractivity contribution is -0.133. The lowest BCUT2D eigenvalue weighted by Gasteiger charge is -2.19. The van der Waals surface area contributed by atoms with Crippen molar-refractivity contribution >= 4 is 17.4 Å². The highest BCUT2D eigenvalue weighted by Gasteiger charge is 2.16. The van der Waals surface area contributed by atoms with Gasteiger partial charge < -0.3 is 9.72 Å². The van der Waals surface area contributed by atoms with Crippen molar-refractivity contribution in [1.29, 1.82) is 0 Å². The van der Waals surface area contributed by atoms with Crippen LogP contribution in [-0.2, 0) is 14.9 Å². The fraction of sp³-hybridized carbons (Fsp3) is 0.400. The second kappa shape index (κ2) is 4.48. The number of carbonyl (C=O) groups excluding carboxylic acids is 1. The van der Waals surface area contributed by atoms with Crippen LogP contribution in [0.2, 0.25) is 0 Å². The van der Waals surface area contributed by atoms with E-state index in [0.717, 1.165) is 16.5 Å². The SMILES string of the molecule is CC(OC=O)c1c[nH]c2cc(C(C)(C)C)ccc12. The average Bonchev–Trinajstić information content (AvgIpc) is 2.70. The molecule has 1 unspecified atom stereocenters. The van der Waals surface area contributed by atoms with Gasteiger partial charge in [0.2, 0.25) is 0 Å². The van der Waals surface area contributed by atoms with Crippen molar-refractivity contribution < 1.29 is 9.53 Å². The van der Waals surface area contributed by atoms with E-state index in [4.69, 9.17) is 4.74 Å². The van der Waals surface area contributed by atoms with Gasteiger partial charge >= 0.3 is 0 Å². The van der Waals surface area contributed by atoms with E-state index in [0.29, 0.717) is 6.47 Å². The molecule has 1 aromatic heterocycles. The fourth-order valence-corrected chi connectivity index (χ4v) is 2.11. The third kappa shape index (κ3) is 2.26. The average molecular weight is 245 g/mol. The molecule has 3 heteroatoms. The van der Waals surface area contributed by atoms with E-state index in [2.05, 4.69) is 44.0 Å². The number of aromatic nitrogens is 1. The molecular formula is C15H19NO2. The molecule has 0 saturated heterocycles. The molecule has 0 aliphatic rings. The molecular weight excluding hydrogens is 226 g/mol. The van der Waals surface area contributed by atoms with E-state index >= 15 is 0 Å². The zero-order valence-electron chi connectivity index (χ0n) is 11.3. The topological polar surface area (TPSA) is 42.1 Å². The number of ether oxygens (including phenoxy) is 1. The Morgan fingerprint density at radius 2 is 2.06 bits per heavy atom. The minimum absolute atomic E-state index is 0.129. The maximum Gasteiger partial charge on any atom is 0.293 e. The first-order chi connectivity index (χ1) is 8.43. The quantitative estimate of drug-likeness (QED) is 0.838. The van der Waals surface area contributed by atoms with Crippen LogP contribution in [0.1, 0.15) is 44.9 Å². The van der Waals surface area contributed by atoms with Gasteiger partial charge in [-0.05, 0) is 24.0 Å². The molecule has 3 nitrogen and oxygen atoms in total. The molecule has 96 valence electrons. The number of hydrogen-bond acceptors (Lipinski definition) is 2. The Labute approximate surface area is 107 Å². The molecule has 0 amide bonds. The number of benzene rings is 1. The van der Waals surface area contributed by atoms with E-state index in [-0.39, 0.29) is 11.5 Å². The number of aromatic amines is 1. The highest BCUT2D eigenvalue weighted by atomic mass is 16.5. The van der Waals surface area contributed by atoms with Gasteiger partial charge in [0, 0.05) is 22.7 Å². The second-order valence-electron chi connectivity index (χ2n) is 5.63. The lowest BCUT2D eigenvalue weighted by Crippen LogP contribution is -2.10. The van der Waals surface area contributed by atoms with Crippen molar-refractivity contribution in [3.63, 3.8) is 0 Å². The molecule has 0 saturated carbocycles. The van der Waals surface area contributed by atoms with Gasteiger partial charge in [-0.3, -0.25) is 4.79 Å². The Bertz CT molecular complexity index is 563. The second-order valence-corrected chi connectivity index (χ2v) is 5.63. The van der Waals surface area contributed by atoms with Gasteiger partial charge in [-0.1, -0.05) is 32.9 Å². The van der Waals surface area contributed by atoms with Crippen molar-refractivity contribution in [2.45, 2.75) is 39.2 Å². The monoisotopic (exact) mass is 245 g/mol. The molecule has 18 heavy (non-hydrogen) atoms. The van der Waals surface area contributed by atoms with Gasteiger partial charge in [0.05, 0.1) is 0 Å². The molecule has 0 spiro atoms. The molecule has 1 aromatic carbocycles. The van der Waals surface area contributed by atoms with Crippen LogP contribution < -0.4 is 0 Å². The summed E-state index contributed by atoms with van der Waals surface area (Å²) in [7, 11) is 0. The highest BCUT2D eigenvalue weighted by molar-refractivity contribution is 5.84. The first kappa shape index (κ1) is 12.7. The summed E-state index contributed by atoms with van der Waals surface area (Å²) in [4.78, 5) is 13.6. The maximum absolute atomic E-state index is 10.4. The summed E-state index contributed by atoms with van der Waals surface area (Å²) in [6.07, 6.45) is 1.68. The summed E-state index contributed by atoms with van der Waals surface area (Å²) in [5, 5.41) is 1.11. The van der Waals surface area contributed by atoms with Gasteiger partial charge in [0.1, 0.15) is 6.10 Å². The molecule has 1 heterocycles. The number of hydrogen-bond donors (Lipinski definition) is 1. The third-order valence-electron chi connectivity index (χ3n) is 3.28. The van der Waals surface area contributed by atoms with Crippen molar-refractivity contribution in [2.24, 2.45) is 0 Å². The molecule has 1 atom stereocenters. The van der Waals surface area contributed by atoms with Crippen LogP contribution >= 0.6 is 0 Å². The van der Waals surface area contributed by atoms with E-state index in [1.807, 2.05) is 13.1 Å². The first-order valence-electron chi connectivity index (χ1n) is 6.14. The standard InChI is InChI=1S/C15H19NO2/c1-10(18-9-17)13-8-16-14-7-11(15(2,3)4)5-6-12(13)14/h5-10,16H,1-4H3. The first-order valence-corrected chi connectivity index (χ1v) is 6.14. The number of nitrogens with one attached hydrogen (secondary N) is 1. The maximum atomic E-state index is 10.4. The van der Waals surface area contributed by atoms with E-state index in [1.165, 1.54) is 5.56 Å². The number of carbonyl (C=O) groups is 1. The van der Waals surface area contributed by atoms with Crippen LogP contribution in [0.5, 0.6) is 0 Å². The van der Waals surface area contributed by atoms with Crippen molar-refractivity contribution in [1.82, 2.24) is 4.98 Å². The zero-order chi connectivity index (χ0) is 13.3. The van der Waals surface area contributed by atoms with Crippen molar-refractivity contribution in [3.05, 3.63) is 35.5 Å². The predicted octanol–water partition coefficient (Wildman–Crippen LogP) is 3.70. The molecule has 0 aliphatic heterocycles. The predicted molar refractivity (Wildman–Crippen MR) is 72.6 cm³/mol. The van der Waals surface area contributed by atoms with E-state index in [9.17, 15) is 4.79 Å². The Hall–Kier alpha value is -1.77. The van der Waals surface area contributed by atoms with Crippen LogP contribution in [-0.4, -0.2) is 11.5 Å². The summed E-state index contributed by atoms with van der Waals surface area (Å²) in [5.41, 5.74) is 3.51. The summed E-state index contributed by atoms with van der Waals surface area (Å²) >= 11 is 0. The fourth-order valence-electron chi connectivity index (χ4n) is 2.11. The van der Waals surface area contributed by atoms with Crippen LogP contribution in [0, 0.1) is 0 Å². The van der Waals surface area contributed by atoms with Crippen LogP contribution in [0.25, 0.3) is 10.9 Å². The number of fused-ring (bicyclic) bond motifs is 1. The van der Waals surface area contributed by atoms with Gasteiger partial charge in [-0.2, -0.15) is 0 Å². The smallest absolute Gasteiger partial charge is 0.293 e. The van der Waals surface area contributed by atoms with Crippen LogP contribution in [0.4, 0.5) is 0 Å². The van der Waals surface area contributed by atoms with Crippen LogP contribution in [0.15, 0.2) is 24.4 Å². The van der Waals surface area contributed by atoms with Gasteiger partial charge in [-0.15, -0.1) is 0 Å². The lowest BCUT2D eigenvalue weighted by atomic mass is 9.86. The van der Waals surface area contributed by atoms with Gasteiger partial charge in [0.25, 0.3) is 6.47 Å². The van der Waals surface area contributed by atoms with E-state index in [1.54, 1.807) is 0 Å². The number of H-pyrrole nitrogens is 1. The minimum Gasteiger partial charge on any atom is -0.460 e. The summed E-state index contributed by atoms with van der Waals surface area (Å²) < 4.78 is 4.99. The summed E-state index contributed by atoms with van der Waals surface area (Å²) in [6, 6.07) is 6.38.